The highest BCUT2D eigenvalue weighted by atomic mass is 32.2. The molecular formula is C8H14N2O2S. The third-order valence-corrected chi connectivity index (χ3v) is 3.44. The molecule has 74 valence electrons. The monoisotopic (exact) mass is 202 g/mol. The largest absolute Gasteiger partial charge is 0.290 e. The molecule has 0 radical (unpaired) electrons. The summed E-state index contributed by atoms with van der Waals surface area (Å²) in [5.41, 5.74) is 0. The van der Waals surface area contributed by atoms with Crippen LogP contribution in [0.3, 0.4) is 0 Å². The van der Waals surface area contributed by atoms with Gasteiger partial charge in [0.25, 0.3) is 0 Å². The molecule has 1 rings (SSSR count). The van der Waals surface area contributed by atoms with Crippen LogP contribution in [0.25, 0.3) is 0 Å². The van der Waals surface area contributed by atoms with Crippen molar-refractivity contribution < 1.29 is 8.42 Å². The zero-order chi connectivity index (χ0) is 9.73. The minimum atomic E-state index is -3.17. The quantitative estimate of drug-likeness (QED) is 0.663. The summed E-state index contributed by atoms with van der Waals surface area (Å²) in [6.07, 6.45) is 3.33. The van der Waals surface area contributed by atoms with Crippen molar-refractivity contribution in [2.45, 2.75) is 19.3 Å². The molecule has 1 aliphatic rings. The number of hydrogen-bond acceptors (Lipinski definition) is 4. The molecule has 0 saturated carbocycles. The molecule has 4 nitrogen and oxygen atoms in total. The molecule has 1 aliphatic heterocycles. The van der Waals surface area contributed by atoms with Crippen LogP contribution >= 0.6 is 0 Å². The van der Waals surface area contributed by atoms with Gasteiger partial charge in [-0.2, -0.15) is 5.26 Å². The smallest absolute Gasteiger partial charge is 0.176 e. The third kappa shape index (κ3) is 3.75. The van der Waals surface area contributed by atoms with E-state index in [4.69, 9.17) is 5.26 Å². The van der Waals surface area contributed by atoms with E-state index in [1.54, 1.807) is 6.07 Å². The summed E-state index contributed by atoms with van der Waals surface area (Å²) in [6, 6.07) is 1.68. The zero-order valence-corrected chi connectivity index (χ0v) is 8.39. The second-order valence-electron chi connectivity index (χ2n) is 3.35. The topological polar surface area (TPSA) is 61.2 Å². The lowest BCUT2D eigenvalue weighted by atomic mass is 10.1. The van der Waals surface area contributed by atoms with Gasteiger partial charge in [0, 0.05) is 0 Å². The normalized spacial score (nSPS) is 19.6. The molecule has 1 fully saturated rings. The second-order valence-corrected chi connectivity index (χ2v) is 5.39. The molecule has 0 aromatic carbocycles. The number of rotatable bonds is 3. The lowest BCUT2D eigenvalue weighted by molar-refractivity contribution is 0.261. The predicted octanol–water partition coefficient (Wildman–Crippen LogP) is 0.368. The van der Waals surface area contributed by atoms with E-state index in [2.05, 4.69) is 0 Å². The number of hydrogen-bond donors (Lipinski definition) is 0. The van der Waals surface area contributed by atoms with Crippen LogP contribution in [-0.2, 0) is 9.84 Å². The highest BCUT2D eigenvalue weighted by Crippen LogP contribution is 2.09. The van der Waals surface area contributed by atoms with Gasteiger partial charge in [-0.1, -0.05) is 6.42 Å². The summed E-state index contributed by atoms with van der Waals surface area (Å²) in [4.78, 5) is 1.91. The van der Waals surface area contributed by atoms with Crippen LogP contribution in [0.15, 0.2) is 0 Å². The Kier molecular flexibility index (Phi) is 3.70. The van der Waals surface area contributed by atoms with Crippen LogP contribution in [0.5, 0.6) is 0 Å². The first-order valence-corrected chi connectivity index (χ1v) is 6.26. The lowest BCUT2D eigenvalue weighted by Crippen LogP contribution is -2.35. The Bertz CT molecular complexity index is 286. The first-order chi connectivity index (χ1) is 6.14. The summed E-state index contributed by atoms with van der Waals surface area (Å²) < 4.78 is 22.5. The number of likely N-dealkylation sites (tertiary alicyclic amines) is 1. The molecule has 1 heterocycles. The molecule has 0 amide bonds. The van der Waals surface area contributed by atoms with Crippen molar-refractivity contribution in [3.8, 4) is 6.07 Å². The van der Waals surface area contributed by atoms with Gasteiger partial charge in [-0.05, 0) is 25.9 Å². The maximum Gasteiger partial charge on any atom is 0.176 e. The number of nitrogens with zero attached hydrogens (tertiary/aromatic N) is 2. The minimum absolute atomic E-state index is 0.0561. The lowest BCUT2D eigenvalue weighted by Gasteiger charge is -2.25. The average Bonchev–Trinajstić information content (AvgIpc) is 2.04. The zero-order valence-electron chi connectivity index (χ0n) is 7.57. The van der Waals surface area contributed by atoms with Crippen LogP contribution in [0.2, 0.25) is 0 Å². The van der Waals surface area contributed by atoms with Crippen molar-refractivity contribution in [1.82, 2.24) is 4.90 Å². The van der Waals surface area contributed by atoms with Crippen molar-refractivity contribution in [2.75, 3.05) is 24.7 Å². The van der Waals surface area contributed by atoms with E-state index >= 15 is 0 Å². The molecule has 0 unspecified atom stereocenters. The van der Waals surface area contributed by atoms with E-state index in [1.165, 1.54) is 6.42 Å². The average molecular weight is 202 g/mol. The van der Waals surface area contributed by atoms with E-state index < -0.39 is 9.84 Å². The highest BCUT2D eigenvalue weighted by Gasteiger charge is 2.17. The summed E-state index contributed by atoms with van der Waals surface area (Å²) in [5.74, 6) is -0.302. The van der Waals surface area contributed by atoms with Gasteiger partial charge >= 0.3 is 0 Å². The molecule has 13 heavy (non-hydrogen) atoms. The van der Waals surface area contributed by atoms with Crippen molar-refractivity contribution in [3.05, 3.63) is 0 Å². The van der Waals surface area contributed by atoms with Crippen LogP contribution < -0.4 is 0 Å². The van der Waals surface area contributed by atoms with Crippen LogP contribution in [0, 0.1) is 11.3 Å². The number of sulfone groups is 1. The first-order valence-electron chi connectivity index (χ1n) is 4.44. The SMILES string of the molecule is N#CCS(=O)(=O)CN1CCCCC1. The molecule has 0 aromatic rings. The van der Waals surface area contributed by atoms with E-state index in [9.17, 15) is 8.42 Å². The molecule has 0 spiro atoms. The van der Waals surface area contributed by atoms with Gasteiger partial charge in [0.1, 0.15) is 11.6 Å². The fourth-order valence-corrected chi connectivity index (χ4v) is 2.61. The van der Waals surface area contributed by atoms with Gasteiger partial charge in [0.05, 0.1) is 6.07 Å². The Balaban J connectivity index is 2.43. The van der Waals surface area contributed by atoms with Gasteiger partial charge in [-0.25, -0.2) is 8.42 Å². The van der Waals surface area contributed by atoms with Crippen molar-refractivity contribution >= 4 is 9.84 Å². The van der Waals surface area contributed by atoms with Crippen molar-refractivity contribution in [3.63, 3.8) is 0 Å². The molecule has 0 bridgehead atoms. The van der Waals surface area contributed by atoms with E-state index in [0.29, 0.717) is 0 Å². The summed E-state index contributed by atoms with van der Waals surface area (Å²) >= 11 is 0. The minimum Gasteiger partial charge on any atom is -0.290 e. The van der Waals surface area contributed by atoms with E-state index in [-0.39, 0.29) is 11.6 Å². The van der Waals surface area contributed by atoms with Gasteiger partial charge in [0.2, 0.25) is 0 Å². The van der Waals surface area contributed by atoms with E-state index in [1.807, 2.05) is 4.90 Å². The van der Waals surface area contributed by atoms with Crippen LogP contribution in [0.1, 0.15) is 19.3 Å². The van der Waals surface area contributed by atoms with Gasteiger partial charge in [0.15, 0.2) is 9.84 Å². The fraction of sp³-hybridized carbons (Fsp3) is 0.875. The van der Waals surface area contributed by atoms with Gasteiger partial charge in [-0.15, -0.1) is 0 Å². The molecule has 0 N–H and O–H groups in total. The predicted molar refractivity (Wildman–Crippen MR) is 49.7 cm³/mol. The summed E-state index contributed by atoms with van der Waals surface area (Å²) in [5, 5.41) is 8.28. The maximum atomic E-state index is 11.2. The standard InChI is InChI=1S/C8H14N2O2S/c9-4-7-13(11,12)8-10-5-2-1-3-6-10/h1-3,5-8H2. The Labute approximate surface area is 79.1 Å². The Morgan fingerprint density at radius 3 is 2.38 bits per heavy atom. The summed E-state index contributed by atoms with van der Waals surface area (Å²) in [7, 11) is -3.17. The number of nitriles is 1. The Morgan fingerprint density at radius 1 is 1.23 bits per heavy atom. The van der Waals surface area contributed by atoms with Crippen LogP contribution in [0.4, 0.5) is 0 Å². The number of piperidine rings is 1. The van der Waals surface area contributed by atoms with Crippen LogP contribution in [-0.4, -0.2) is 38.0 Å². The Morgan fingerprint density at radius 2 is 1.85 bits per heavy atom. The highest BCUT2D eigenvalue weighted by molar-refractivity contribution is 7.91. The fourth-order valence-electron chi connectivity index (χ4n) is 1.51. The first kappa shape index (κ1) is 10.5. The second kappa shape index (κ2) is 4.58. The molecule has 5 heteroatoms. The van der Waals surface area contributed by atoms with Gasteiger partial charge in [-0.3, -0.25) is 4.90 Å². The Hall–Kier alpha value is -0.600. The molecular weight excluding hydrogens is 188 g/mol. The molecule has 0 aromatic heterocycles. The molecule has 1 saturated heterocycles. The maximum absolute atomic E-state index is 11.2. The van der Waals surface area contributed by atoms with Gasteiger partial charge < -0.3 is 0 Å². The molecule has 0 aliphatic carbocycles. The van der Waals surface area contributed by atoms with Crippen molar-refractivity contribution in [2.24, 2.45) is 0 Å². The van der Waals surface area contributed by atoms with E-state index in [0.717, 1.165) is 25.9 Å². The third-order valence-electron chi connectivity index (χ3n) is 2.11. The summed E-state index contributed by atoms with van der Waals surface area (Å²) in [6.45, 7) is 1.70. The molecule has 0 atom stereocenters. The van der Waals surface area contributed by atoms with Crippen molar-refractivity contribution in [1.29, 1.82) is 5.26 Å².